The summed E-state index contributed by atoms with van der Waals surface area (Å²) in [6, 6.07) is 16.6. The van der Waals surface area contributed by atoms with Gasteiger partial charge in [-0.15, -0.1) is 0 Å². The van der Waals surface area contributed by atoms with Gasteiger partial charge in [0.15, 0.2) is 9.84 Å². The Morgan fingerprint density at radius 1 is 0.947 bits per heavy atom. The fourth-order valence-electron chi connectivity index (χ4n) is 2.45. The molecule has 0 atom stereocenters. The van der Waals surface area contributed by atoms with Gasteiger partial charge in [-0.05, 0) is 30.2 Å². The van der Waals surface area contributed by atoms with Crippen molar-refractivity contribution in [3.63, 3.8) is 0 Å². The van der Waals surface area contributed by atoms with Gasteiger partial charge in [-0.3, -0.25) is 0 Å². The van der Waals surface area contributed by atoms with Crippen molar-refractivity contribution in [2.75, 3.05) is 17.3 Å². The van der Waals surface area contributed by atoms with Crippen LogP contribution in [0, 0.1) is 0 Å². The summed E-state index contributed by atoms with van der Waals surface area (Å²) in [6.45, 7) is 0.769. The first-order valence-electron chi connectivity index (χ1n) is 6.27. The molecular weight excluding hydrogens is 258 g/mol. The van der Waals surface area contributed by atoms with Crippen LogP contribution in [-0.4, -0.2) is 20.8 Å². The average Bonchev–Trinajstić information content (AvgIpc) is 2.83. The van der Waals surface area contributed by atoms with E-state index in [1.54, 1.807) is 24.3 Å². The van der Waals surface area contributed by atoms with Gasteiger partial charge < -0.3 is 4.90 Å². The lowest BCUT2D eigenvalue weighted by molar-refractivity contribution is 0.594. The van der Waals surface area contributed by atoms with E-state index in [0.29, 0.717) is 4.90 Å². The average molecular weight is 273 g/mol. The highest BCUT2D eigenvalue weighted by Crippen LogP contribution is 2.28. The third-order valence-electron chi connectivity index (χ3n) is 3.41. The lowest BCUT2D eigenvalue weighted by atomic mass is 10.2. The molecule has 1 aliphatic rings. The lowest BCUT2D eigenvalue weighted by Gasteiger charge is -2.19. The quantitative estimate of drug-likeness (QED) is 0.862. The number of hydrogen-bond donors (Lipinski definition) is 0. The normalized spacial score (nSPS) is 14.4. The van der Waals surface area contributed by atoms with E-state index >= 15 is 0 Å². The predicted molar refractivity (Wildman–Crippen MR) is 76.0 cm³/mol. The zero-order chi connectivity index (χ0) is 13.3. The number of anilines is 1. The Balaban J connectivity index is 1.88. The monoisotopic (exact) mass is 273 g/mol. The Hall–Kier alpha value is -1.81. The number of rotatable bonds is 3. The molecule has 0 aromatic heterocycles. The molecule has 0 bridgehead atoms. The molecule has 0 aliphatic carbocycles. The summed E-state index contributed by atoms with van der Waals surface area (Å²) in [6.07, 6.45) is 0.917. The molecular formula is C15H15NO2S. The minimum Gasteiger partial charge on any atom is -0.357 e. The maximum Gasteiger partial charge on any atom is 0.196 e. The molecule has 4 heteroatoms. The summed E-state index contributed by atoms with van der Waals surface area (Å²) in [7, 11) is -3.26. The molecule has 0 spiro atoms. The van der Waals surface area contributed by atoms with Gasteiger partial charge in [0, 0.05) is 12.2 Å². The molecule has 0 radical (unpaired) electrons. The molecule has 0 fully saturated rings. The van der Waals surface area contributed by atoms with Crippen LogP contribution in [0.3, 0.4) is 0 Å². The Kier molecular flexibility index (Phi) is 3.03. The van der Waals surface area contributed by atoms with Gasteiger partial charge >= 0.3 is 0 Å². The van der Waals surface area contributed by atoms with Gasteiger partial charge in [-0.25, -0.2) is 8.42 Å². The summed E-state index contributed by atoms with van der Waals surface area (Å²) < 4.78 is 24.7. The molecule has 1 heterocycles. The molecule has 1 aliphatic heterocycles. The van der Waals surface area contributed by atoms with Crippen molar-refractivity contribution in [3.8, 4) is 0 Å². The molecule has 0 amide bonds. The van der Waals surface area contributed by atoms with E-state index in [-0.39, 0.29) is 5.88 Å². The van der Waals surface area contributed by atoms with E-state index in [4.69, 9.17) is 0 Å². The van der Waals surface area contributed by atoms with Gasteiger partial charge in [-0.1, -0.05) is 36.4 Å². The maximum atomic E-state index is 12.4. The van der Waals surface area contributed by atoms with E-state index in [1.165, 1.54) is 5.56 Å². The van der Waals surface area contributed by atoms with Crippen LogP contribution in [0.2, 0.25) is 0 Å². The standard InChI is InChI=1S/C15H15NO2S/c17-19(18,14-7-2-1-3-8-14)12-16-11-10-13-6-4-5-9-15(13)16/h1-9H,10-12H2. The van der Waals surface area contributed by atoms with Crippen LogP contribution in [0.25, 0.3) is 0 Å². The minimum absolute atomic E-state index is 0.0496. The number of fused-ring (bicyclic) bond motifs is 1. The maximum absolute atomic E-state index is 12.4. The van der Waals surface area contributed by atoms with Crippen molar-refractivity contribution in [2.24, 2.45) is 0 Å². The smallest absolute Gasteiger partial charge is 0.196 e. The Morgan fingerprint density at radius 2 is 1.63 bits per heavy atom. The van der Waals surface area contributed by atoms with E-state index < -0.39 is 9.84 Å². The molecule has 0 saturated heterocycles. The van der Waals surface area contributed by atoms with Gasteiger partial charge in [0.25, 0.3) is 0 Å². The molecule has 2 aromatic carbocycles. The second kappa shape index (κ2) is 4.70. The Morgan fingerprint density at radius 3 is 2.42 bits per heavy atom. The van der Waals surface area contributed by atoms with Gasteiger partial charge in [-0.2, -0.15) is 0 Å². The van der Waals surface area contributed by atoms with Crippen LogP contribution >= 0.6 is 0 Å². The van der Waals surface area contributed by atoms with E-state index in [2.05, 4.69) is 6.07 Å². The fourth-order valence-corrected chi connectivity index (χ4v) is 3.85. The van der Waals surface area contributed by atoms with E-state index in [1.807, 2.05) is 29.2 Å². The molecule has 0 unspecified atom stereocenters. The SMILES string of the molecule is O=S(=O)(CN1CCc2ccccc21)c1ccccc1. The van der Waals surface area contributed by atoms with Crippen LogP contribution in [0.4, 0.5) is 5.69 Å². The molecule has 3 rings (SSSR count). The zero-order valence-corrected chi connectivity index (χ0v) is 11.3. The second-order valence-electron chi connectivity index (χ2n) is 4.70. The molecule has 0 N–H and O–H groups in total. The predicted octanol–water partition coefficient (Wildman–Crippen LogP) is 2.48. The number of sulfone groups is 1. The van der Waals surface area contributed by atoms with Crippen molar-refractivity contribution in [1.82, 2.24) is 0 Å². The largest absolute Gasteiger partial charge is 0.357 e. The second-order valence-corrected chi connectivity index (χ2v) is 6.66. The lowest BCUT2D eigenvalue weighted by Crippen LogP contribution is -2.28. The van der Waals surface area contributed by atoms with E-state index in [0.717, 1.165) is 18.7 Å². The Labute approximate surface area is 113 Å². The summed E-state index contributed by atoms with van der Waals surface area (Å²) >= 11 is 0. The third-order valence-corrected chi connectivity index (χ3v) is 5.05. The number of nitrogens with zero attached hydrogens (tertiary/aromatic N) is 1. The zero-order valence-electron chi connectivity index (χ0n) is 10.5. The van der Waals surface area contributed by atoms with Crippen molar-refractivity contribution in [3.05, 3.63) is 60.2 Å². The third kappa shape index (κ3) is 2.36. The van der Waals surface area contributed by atoms with Crippen LogP contribution in [-0.2, 0) is 16.3 Å². The van der Waals surface area contributed by atoms with Crippen LogP contribution in [0.1, 0.15) is 5.56 Å². The topological polar surface area (TPSA) is 37.4 Å². The van der Waals surface area contributed by atoms with Crippen LogP contribution in [0.5, 0.6) is 0 Å². The van der Waals surface area contributed by atoms with Gasteiger partial charge in [0.05, 0.1) is 4.90 Å². The number of benzene rings is 2. The highest BCUT2D eigenvalue weighted by molar-refractivity contribution is 7.91. The first-order valence-corrected chi connectivity index (χ1v) is 7.93. The highest BCUT2D eigenvalue weighted by atomic mass is 32.2. The molecule has 2 aromatic rings. The minimum atomic E-state index is -3.26. The van der Waals surface area contributed by atoms with E-state index in [9.17, 15) is 8.42 Å². The highest BCUT2D eigenvalue weighted by Gasteiger charge is 2.24. The number of hydrogen-bond acceptors (Lipinski definition) is 3. The van der Waals surface area contributed by atoms with Crippen molar-refractivity contribution in [2.45, 2.75) is 11.3 Å². The fraction of sp³-hybridized carbons (Fsp3) is 0.200. The molecule has 0 saturated carbocycles. The summed E-state index contributed by atoms with van der Waals surface area (Å²) in [5.41, 5.74) is 2.27. The number of para-hydroxylation sites is 1. The van der Waals surface area contributed by atoms with Crippen molar-refractivity contribution < 1.29 is 8.42 Å². The summed E-state index contributed by atoms with van der Waals surface area (Å²) in [5, 5.41) is 0. The molecule has 19 heavy (non-hydrogen) atoms. The molecule has 98 valence electrons. The summed E-state index contributed by atoms with van der Waals surface area (Å²) in [5.74, 6) is 0.0496. The van der Waals surface area contributed by atoms with Crippen molar-refractivity contribution in [1.29, 1.82) is 0 Å². The Bertz CT molecular complexity index is 680. The van der Waals surface area contributed by atoms with Gasteiger partial charge in [0.2, 0.25) is 0 Å². The van der Waals surface area contributed by atoms with Crippen LogP contribution in [0.15, 0.2) is 59.5 Å². The summed E-state index contributed by atoms with van der Waals surface area (Å²) in [4.78, 5) is 2.33. The van der Waals surface area contributed by atoms with Crippen molar-refractivity contribution >= 4 is 15.5 Å². The first-order chi connectivity index (χ1) is 9.17. The molecule has 3 nitrogen and oxygen atoms in total. The van der Waals surface area contributed by atoms with Gasteiger partial charge in [0.1, 0.15) is 5.88 Å². The first kappa shape index (κ1) is 12.2. The van der Waals surface area contributed by atoms with Crippen LogP contribution < -0.4 is 4.90 Å².